The van der Waals surface area contributed by atoms with Crippen LogP contribution in [-0.4, -0.2) is 30.0 Å². The third-order valence-corrected chi connectivity index (χ3v) is 3.64. The van der Waals surface area contributed by atoms with Crippen LogP contribution in [0.3, 0.4) is 0 Å². The average Bonchev–Trinajstić information content (AvgIpc) is 2.49. The van der Waals surface area contributed by atoms with E-state index < -0.39 is 11.0 Å². The zero-order chi connectivity index (χ0) is 18.4. The Bertz CT molecular complexity index is 563. The normalized spacial score (nSPS) is 13.9. The third-order valence-electron chi connectivity index (χ3n) is 3.64. The van der Waals surface area contributed by atoms with Gasteiger partial charge >= 0.3 is 0 Å². The van der Waals surface area contributed by atoms with E-state index in [4.69, 9.17) is 0 Å². The van der Waals surface area contributed by atoms with E-state index in [2.05, 4.69) is 10.6 Å². The number of amides is 2. The first-order valence-electron chi connectivity index (χ1n) is 8.06. The second kappa shape index (κ2) is 8.24. The molecule has 0 radical (unpaired) electrons. The second-order valence-corrected chi connectivity index (χ2v) is 7.17. The first-order valence-corrected chi connectivity index (χ1v) is 8.06. The summed E-state index contributed by atoms with van der Waals surface area (Å²) in [4.78, 5) is 23.5. The van der Waals surface area contributed by atoms with Gasteiger partial charge in [0.15, 0.2) is 0 Å². The molecular weight excluding hydrogens is 311 g/mol. The number of carbonyl (C=O) groups excluding carboxylic acids is 2. The predicted octanol–water partition coefficient (Wildman–Crippen LogP) is 2.09. The molecule has 0 spiro atoms. The van der Waals surface area contributed by atoms with Gasteiger partial charge in [0.2, 0.25) is 11.8 Å². The van der Waals surface area contributed by atoms with Crippen molar-refractivity contribution in [1.29, 1.82) is 0 Å². The number of halogens is 1. The zero-order valence-corrected chi connectivity index (χ0v) is 14.8. The Morgan fingerprint density at radius 1 is 1.08 bits per heavy atom. The number of aliphatic hydroxyl groups is 1. The molecule has 0 bridgehead atoms. The molecule has 6 heteroatoms. The van der Waals surface area contributed by atoms with Gasteiger partial charge in [-0.1, -0.05) is 32.9 Å². The lowest BCUT2D eigenvalue weighted by Gasteiger charge is -2.24. The number of hydrogen-bond donors (Lipinski definition) is 3. The Morgan fingerprint density at radius 2 is 1.67 bits per heavy atom. The Kier molecular flexibility index (Phi) is 6.90. The van der Waals surface area contributed by atoms with E-state index in [1.54, 1.807) is 6.92 Å². The summed E-state index contributed by atoms with van der Waals surface area (Å²) >= 11 is 0. The summed E-state index contributed by atoms with van der Waals surface area (Å²) in [7, 11) is 0. The van der Waals surface area contributed by atoms with Crippen molar-refractivity contribution in [2.24, 2.45) is 5.41 Å². The molecule has 24 heavy (non-hydrogen) atoms. The van der Waals surface area contributed by atoms with E-state index in [0.717, 1.165) is 0 Å². The van der Waals surface area contributed by atoms with E-state index in [1.807, 2.05) is 20.8 Å². The van der Waals surface area contributed by atoms with Crippen LogP contribution in [0.1, 0.15) is 46.1 Å². The summed E-state index contributed by atoms with van der Waals surface area (Å²) in [5.74, 6) is -0.638. The highest BCUT2D eigenvalue weighted by molar-refractivity contribution is 5.81. The lowest BCUT2D eigenvalue weighted by molar-refractivity contribution is -0.128. The maximum absolute atomic E-state index is 12.9. The van der Waals surface area contributed by atoms with Gasteiger partial charge in [-0.2, -0.15) is 0 Å². The van der Waals surface area contributed by atoms with Crippen LogP contribution in [0.25, 0.3) is 0 Å². The SMILES string of the molecule is CC(C)(C)C(=O)NCCCC(=O)NCC(C)(O)c1ccc(F)cc1. The van der Waals surface area contributed by atoms with Crippen molar-refractivity contribution in [2.75, 3.05) is 13.1 Å². The van der Waals surface area contributed by atoms with Gasteiger partial charge in [-0.05, 0) is 31.0 Å². The molecule has 0 fully saturated rings. The molecule has 3 N–H and O–H groups in total. The van der Waals surface area contributed by atoms with Crippen molar-refractivity contribution in [2.45, 2.75) is 46.1 Å². The number of nitrogens with one attached hydrogen (secondary N) is 2. The minimum absolute atomic E-state index is 0.0335. The monoisotopic (exact) mass is 338 g/mol. The fourth-order valence-electron chi connectivity index (χ4n) is 1.99. The first-order chi connectivity index (χ1) is 11.0. The Labute approximate surface area is 142 Å². The van der Waals surface area contributed by atoms with Crippen molar-refractivity contribution in [3.8, 4) is 0 Å². The van der Waals surface area contributed by atoms with Crippen LogP contribution in [-0.2, 0) is 15.2 Å². The van der Waals surface area contributed by atoms with Crippen LogP contribution in [0.15, 0.2) is 24.3 Å². The van der Waals surface area contributed by atoms with Crippen LogP contribution in [0.2, 0.25) is 0 Å². The van der Waals surface area contributed by atoms with Crippen molar-refractivity contribution in [1.82, 2.24) is 10.6 Å². The summed E-state index contributed by atoms with van der Waals surface area (Å²) in [6.07, 6.45) is 0.774. The number of carbonyl (C=O) groups is 2. The zero-order valence-electron chi connectivity index (χ0n) is 14.8. The highest BCUT2D eigenvalue weighted by Crippen LogP contribution is 2.19. The molecule has 0 aromatic heterocycles. The molecule has 1 unspecified atom stereocenters. The summed E-state index contributed by atoms with van der Waals surface area (Å²) in [5.41, 5.74) is -1.19. The van der Waals surface area contributed by atoms with Gasteiger partial charge in [0.05, 0.1) is 6.54 Å². The van der Waals surface area contributed by atoms with Crippen LogP contribution < -0.4 is 10.6 Å². The van der Waals surface area contributed by atoms with E-state index in [1.165, 1.54) is 24.3 Å². The second-order valence-electron chi connectivity index (χ2n) is 7.17. The minimum atomic E-state index is -1.27. The lowest BCUT2D eigenvalue weighted by Crippen LogP contribution is -2.39. The van der Waals surface area contributed by atoms with Crippen LogP contribution >= 0.6 is 0 Å². The van der Waals surface area contributed by atoms with Gasteiger partial charge in [-0.25, -0.2) is 4.39 Å². The van der Waals surface area contributed by atoms with Crippen molar-refractivity contribution in [3.63, 3.8) is 0 Å². The molecule has 1 rings (SSSR count). The minimum Gasteiger partial charge on any atom is -0.384 e. The van der Waals surface area contributed by atoms with E-state index in [0.29, 0.717) is 18.5 Å². The van der Waals surface area contributed by atoms with Crippen LogP contribution in [0.4, 0.5) is 4.39 Å². The molecule has 1 aromatic rings. The van der Waals surface area contributed by atoms with Gasteiger partial charge in [0.25, 0.3) is 0 Å². The highest BCUT2D eigenvalue weighted by atomic mass is 19.1. The third kappa shape index (κ3) is 6.66. The summed E-state index contributed by atoms with van der Waals surface area (Å²) in [6.45, 7) is 7.50. The molecule has 0 saturated heterocycles. The maximum atomic E-state index is 12.9. The summed E-state index contributed by atoms with van der Waals surface area (Å²) in [5, 5.41) is 15.8. The predicted molar refractivity (Wildman–Crippen MR) is 90.7 cm³/mol. The van der Waals surface area contributed by atoms with Gasteiger partial charge in [0.1, 0.15) is 11.4 Å². The maximum Gasteiger partial charge on any atom is 0.225 e. The number of rotatable bonds is 7. The largest absolute Gasteiger partial charge is 0.384 e. The van der Waals surface area contributed by atoms with Gasteiger partial charge in [-0.3, -0.25) is 9.59 Å². The Balaban J connectivity index is 2.33. The quantitative estimate of drug-likeness (QED) is 0.666. The van der Waals surface area contributed by atoms with Gasteiger partial charge in [-0.15, -0.1) is 0 Å². The van der Waals surface area contributed by atoms with Crippen molar-refractivity contribution >= 4 is 11.8 Å². The lowest BCUT2D eigenvalue weighted by atomic mass is 9.95. The standard InChI is InChI=1S/C18H27FN2O3/c1-17(2,3)16(23)20-11-5-6-15(22)21-12-18(4,24)13-7-9-14(19)10-8-13/h7-10,24H,5-6,11-12H2,1-4H3,(H,20,23)(H,21,22). The van der Waals surface area contributed by atoms with Gasteiger partial charge in [0, 0.05) is 18.4 Å². The fourth-order valence-corrected chi connectivity index (χ4v) is 1.99. The van der Waals surface area contributed by atoms with Crippen molar-refractivity contribution < 1.29 is 19.1 Å². The number of hydrogen-bond acceptors (Lipinski definition) is 3. The Hall–Kier alpha value is -1.95. The Morgan fingerprint density at radius 3 is 2.21 bits per heavy atom. The molecule has 5 nitrogen and oxygen atoms in total. The smallest absolute Gasteiger partial charge is 0.225 e. The molecule has 1 aromatic carbocycles. The van der Waals surface area contributed by atoms with E-state index in [9.17, 15) is 19.1 Å². The van der Waals surface area contributed by atoms with Crippen LogP contribution in [0.5, 0.6) is 0 Å². The first kappa shape index (κ1) is 20.1. The molecule has 0 saturated carbocycles. The molecule has 1 atom stereocenters. The topological polar surface area (TPSA) is 78.4 Å². The molecule has 0 aliphatic heterocycles. The molecule has 134 valence electrons. The van der Waals surface area contributed by atoms with Gasteiger partial charge < -0.3 is 15.7 Å². The molecule has 0 heterocycles. The highest BCUT2D eigenvalue weighted by Gasteiger charge is 2.24. The summed E-state index contributed by atoms with van der Waals surface area (Å²) in [6, 6.07) is 5.51. The fraction of sp³-hybridized carbons (Fsp3) is 0.556. The molecule has 2 amide bonds. The molecule has 0 aliphatic rings. The van der Waals surface area contributed by atoms with Crippen molar-refractivity contribution in [3.05, 3.63) is 35.6 Å². The number of benzene rings is 1. The van der Waals surface area contributed by atoms with Crippen LogP contribution in [0, 0.1) is 11.2 Å². The summed E-state index contributed by atoms with van der Waals surface area (Å²) < 4.78 is 12.9. The van der Waals surface area contributed by atoms with E-state index >= 15 is 0 Å². The average molecular weight is 338 g/mol. The van der Waals surface area contributed by atoms with E-state index in [-0.39, 0.29) is 30.6 Å². The molecular formula is C18H27FN2O3. The molecule has 0 aliphatic carbocycles.